The molecule has 2 N–H and O–H groups in total. The number of aromatic nitrogens is 1. The van der Waals surface area contributed by atoms with Gasteiger partial charge in [0.15, 0.2) is 0 Å². The van der Waals surface area contributed by atoms with E-state index in [1.807, 2.05) is 18.3 Å². The van der Waals surface area contributed by atoms with Gasteiger partial charge < -0.3 is 9.88 Å². The van der Waals surface area contributed by atoms with Crippen LogP contribution < -0.4 is 4.90 Å². The monoisotopic (exact) mass is 412 g/mol. The molecule has 0 spiro atoms. The van der Waals surface area contributed by atoms with Gasteiger partial charge in [-0.1, -0.05) is 43.3 Å². The molecule has 7 heteroatoms. The van der Waals surface area contributed by atoms with Gasteiger partial charge in [-0.25, -0.2) is 8.42 Å². The standard InChI is InChI=1S/C22H25N3O3S/c1-2-17-7-6-10-19-20(15-23-22(17)19)21(26)16-24-11-13-25(14-12-24)29(27,28)18-8-4-3-5-9-18/h3-10,15,23H,2,11-14,16H2,1H3/p+1. The van der Waals surface area contributed by atoms with Gasteiger partial charge in [-0.15, -0.1) is 0 Å². The first-order valence-corrected chi connectivity index (χ1v) is 11.5. The molecule has 4 rings (SSSR count). The highest BCUT2D eigenvalue weighted by Gasteiger charge is 2.31. The second-order valence-electron chi connectivity index (χ2n) is 7.46. The number of aryl methyl sites for hydroxylation is 1. The van der Waals surface area contributed by atoms with Crippen molar-refractivity contribution in [1.82, 2.24) is 9.29 Å². The van der Waals surface area contributed by atoms with E-state index in [1.54, 1.807) is 30.3 Å². The summed E-state index contributed by atoms with van der Waals surface area (Å²) in [5.41, 5.74) is 2.96. The first-order chi connectivity index (χ1) is 14.0. The van der Waals surface area contributed by atoms with E-state index in [4.69, 9.17) is 0 Å². The average Bonchev–Trinajstić information content (AvgIpc) is 3.19. The lowest BCUT2D eigenvalue weighted by Crippen LogP contribution is -3.15. The van der Waals surface area contributed by atoms with Crippen LogP contribution in [-0.4, -0.2) is 56.2 Å². The summed E-state index contributed by atoms with van der Waals surface area (Å²) in [7, 11) is -3.46. The number of ketones is 1. The number of carbonyl (C=O) groups is 1. The van der Waals surface area contributed by atoms with Crippen molar-refractivity contribution in [2.45, 2.75) is 18.2 Å². The van der Waals surface area contributed by atoms with Gasteiger partial charge in [-0.05, 0) is 24.1 Å². The van der Waals surface area contributed by atoms with Crippen molar-refractivity contribution in [2.75, 3.05) is 32.7 Å². The minimum Gasteiger partial charge on any atom is -0.360 e. The number of benzene rings is 2. The molecule has 2 heterocycles. The number of fused-ring (bicyclic) bond motifs is 1. The smallest absolute Gasteiger partial charge is 0.243 e. The number of piperazine rings is 1. The molecule has 152 valence electrons. The molecule has 1 saturated heterocycles. The molecule has 0 radical (unpaired) electrons. The molecule has 0 amide bonds. The second kappa shape index (κ2) is 8.10. The summed E-state index contributed by atoms with van der Waals surface area (Å²) in [4.78, 5) is 17.6. The van der Waals surface area contributed by atoms with Crippen LogP contribution in [0.3, 0.4) is 0 Å². The Balaban J connectivity index is 1.42. The number of carbonyl (C=O) groups excluding carboxylic acids is 1. The maximum atomic E-state index is 12.9. The lowest BCUT2D eigenvalue weighted by atomic mass is 10.0. The number of rotatable bonds is 6. The lowest BCUT2D eigenvalue weighted by Gasteiger charge is -2.31. The molecule has 1 aromatic heterocycles. The van der Waals surface area contributed by atoms with Crippen molar-refractivity contribution in [3.63, 3.8) is 0 Å². The van der Waals surface area contributed by atoms with E-state index < -0.39 is 10.0 Å². The number of nitrogens with zero attached hydrogens (tertiary/aromatic N) is 1. The summed E-state index contributed by atoms with van der Waals surface area (Å²) < 4.78 is 27.0. The van der Waals surface area contributed by atoms with Crippen LogP contribution in [0.2, 0.25) is 0 Å². The first-order valence-electron chi connectivity index (χ1n) is 10.0. The lowest BCUT2D eigenvalue weighted by molar-refractivity contribution is -0.895. The molecular weight excluding hydrogens is 386 g/mol. The summed E-state index contributed by atoms with van der Waals surface area (Å²) in [5.74, 6) is 0.0962. The Morgan fingerprint density at radius 3 is 2.48 bits per heavy atom. The van der Waals surface area contributed by atoms with Crippen LogP contribution in [0.4, 0.5) is 0 Å². The van der Waals surface area contributed by atoms with Crippen molar-refractivity contribution in [1.29, 1.82) is 0 Å². The Hall–Kier alpha value is -2.48. The second-order valence-corrected chi connectivity index (χ2v) is 9.40. The molecule has 6 nitrogen and oxygen atoms in total. The van der Waals surface area contributed by atoms with Crippen LogP contribution in [0.5, 0.6) is 0 Å². The number of hydrogen-bond donors (Lipinski definition) is 2. The molecule has 0 unspecified atom stereocenters. The fourth-order valence-electron chi connectivity index (χ4n) is 4.03. The number of aromatic amines is 1. The van der Waals surface area contributed by atoms with Crippen LogP contribution in [0.25, 0.3) is 10.9 Å². The van der Waals surface area contributed by atoms with Crippen LogP contribution in [0, 0.1) is 0 Å². The fraction of sp³-hybridized carbons (Fsp3) is 0.318. The molecule has 0 aliphatic carbocycles. The van der Waals surface area contributed by atoms with E-state index in [0.717, 1.165) is 27.8 Å². The zero-order valence-electron chi connectivity index (χ0n) is 16.5. The van der Waals surface area contributed by atoms with E-state index in [2.05, 4.69) is 18.0 Å². The maximum Gasteiger partial charge on any atom is 0.243 e. The van der Waals surface area contributed by atoms with Crippen molar-refractivity contribution >= 4 is 26.7 Å². The molecular formula is C22H26N3O3S+. The van der Waals surface area contributed by atoms with Gasteiger partial charge in [0.1, 0.15) is 6.54 Å². The quantitative estimate of drug-likeness (QED) is 0.603. The fourth-order valence-corrected chi connectivity index (χ4v) is 5.49. The van der Waals surface area contributed by atoms with E-state index in [0.29, 0.717) is 37.6 Å². The number of Topliss-reactive ketones (excluding diaryl/α,β-unsaturated/α-hetero) is 1. The predicted octanol–water partition coefficient (Wildman–Crippen LogP) is 1.50. The molecule has 0 saturated carbocycles. The molecule has 0 atom stereocenters. The molecule has 1 aliphatic heterocycles. The minimum atomic E-state index is -3.46. The van der Waals surface area contributed by atoms with Crippen molar-refractivity contribution in [3.05, 3.63) is 65.9 Å². The van der Waals surface area contributed by atoms with E-state index in [1.165, 1.54) is 9.87 Å². The van der Waals surface area contributed by atoms with Crippen LogP contribution in [0.15, 0.2) is 59.6 Å². The van der Waals surface area contributed by atoms with Crippen LogP contribution in [-0.2, 0) is 16.4 Å². The normalized spacial score (nSPS) is 16.3. The highest BCUT2D eigenvalue weighted by atomic mass is 32.2. The van der Waals surface area contributed by atoms with E-state index in [9.17, 15) is 13.2 Å². The Morgan fingerprint density at radius 2 is 1.79 bits per heavy atom. The van der Waals surface area contributed by atoms with Crippen LogP contribution in [0.1, 0.15) is 22.8 Å². The summed E-state index contributed by atoms with van der Waals surface area (Å²) in [6, 6.07) is 14.6. The first kappa shape index (κ1) is 19.8. The van der Waals surface area contributed by atoms with Gasteiger partial charge >= 0.3 is 0 Å². The number of H-pyrrole nitrogens is 1. The molecule has 29 heavy (non-hydrogen) atoms. The average molecular weight is 413 g/mol. The number of sulfonamides is 1. The molecule has 2 aromatic carbocycles. The third-order valence-corrected chi connectivity index (χ3v) is 7.62. The number of quaternary nitrogens is 1. The van der Waals surface area contributed by atoms with Gasteiger partial charge in [0.05, 0.1) is 31.1 Å². The summed E-state index contributed by atoms with van der Waals surface area (Å²) in [6.45, 7) is 4.58. The summed E-state index contributed by atoms with van der Waals surface area (Å²) >= 11 is 0. The zero-order chi connectivity index (χ0) is 20.4. The predicted molar refractivity (Wildman–Crippen MR) is 113 cm³/mol. The highest BCUT2D eigenvalue weighted by molar-refractivity contribution is 7.89. The van der Waals surface area contributed by atoms with Crippen molar-refractivity contribution < 1.29 is 18.1 Å². The Bertz CT molecular complexity index is 1110. The van der Waals surface area contributed by atoms with Gasteiger partial charge in [-0.3, -0.25) is 4.79 Å². The number of nitrogens with one attached hydrogen (secondary N) is 2. The zero-order valence-corrected chi connectivity index (χ0v) is 17.3. The largest absolute Gasteiger partial charge is 0.360 e. The maximum absolute atomic E-state index is 12.9. The molecule has 0 bridgehead atoms. The third-order valence-electron chi connectivity index (χ3n) is 5.70. The highest BCUT2D eigenvalue weighted by Crippen LogP contribution is 2.22. The van der Waals surface area contributed by atoms with Gasteiger partial charge in [-0.2, -0.15) is 4.31 Å². The van der Waals surface area contributed by atoms with E-state index >= 15 is 0 Å². The topological polar surface area (TPSA) is 74.7 Å². The number of para-hydroxylation sites is 1. The molecule has 1 aliphatic rings. The summed E-state index contributed by atoms with van der Waals surface area (Å²) in [6.07, 6.45) is 2.72. The van der Waals surface area contributed by atoms with Gasteiger partial charge in [0.25, 0.3) is 0 Å². The van der Waals surface area contributed by atoms with Gasteiger partial charge in [0.2, 0.25) is 15.8 Å². The van der Waals surface area contributed by atoms with Crippen molar-refractivity contribution in [3.8, 4) is 0 Å². The molecule has 3 aromatic rings. The Labute approximate surface area is 171 Å². The Kier molecular flexibility index (Phi) is 5.54. The van der Waals surface area contributed by atoms with Crippen LogP contribution >= 0.6 is 0 Å². The minimum absolute atomic E-state index is 0.0962. The van der Waals surface area contributed by atoms with Gasteiger partial charge in [0, 0.05) is 22.7 Å². The third kappa shape index (κ3) is 3.85. The van der Waals surface area contributed by atoms with Crippen molar-refractivity contribution in [2.24, 2.45) is 0 Å². The summed E-state index contributed by atoms with van der Waals surface area (Å²) in [5, 5.41) is 0.971. The van der Waals surface area contributed by atoms with E-state index in [-0.39, 0.29) is 5.78 Å². The number of hydrogen-bond acceptors (Lipinski definition) is 3. The SMILES string of the molecule is CCc1cccc2c(C(=O)C[NH+]3CCN(S(=O)(=O)c4ccccc4)CC3)c[nH]c12. The molecule has 1 fully saturated rings. The Morgan fingerprint density at radius 1 is 1.07 bits per heavy atom.